The van der Waals surface area contributed by atoms with Gasteiger partial charge in [0.15, 0.2) is 99.7 Å². The fourth-order valence-corrected chi connectivity index (χ4v) is 17.5. The molecular weight excluding hydrogens is 1900 g/mol. The van der Waals surface area contributed by atoms with Crippen molar-refractivity contribution in [2.45, 2.75) is 141 Å². The van der Waals surface area contributed by atoms with Crippen LogP contribution in [0.2, 0.25) is 0 Å². The highest BCUT2D eigenvalue weighted by Gasteiger charge is 2.51. The van der Waals surface area contributed by atoms with Gasteiger partial charge in [-0.25, -0.2) is 44.1 Å². The van der Waals surface area contributed by atoms with Crippen molar-refractivity contribution >= 4 is 121 Å². The highest BCUT2D eigenvalue weighted by molar-refractivity contribution is 6.28. The second-order valence-electron chi connectivity index (χ2n) is 34.0. The van der Waals surface area contributed by atoms with E-state index in [-0.39, 0.29) is 126 Å². The Morgan fingerprint density at radius 3 is 1.01 bits per heavy atom. The van der Waals surface area contributed by atoms with Gasteiger partial charge in [-0.3, -0.25) is 42.2 Å². The largest absolute Gasteiger partial charge is 0.473 e. The molecule has 4 aliphatic rings. The zero-order valence-corrected chi connectivity index (χ0v) is 78.5. The van der Waals surface area contributed by atoms with Crippen LogP contribution in [-0.2, 0) is 33.2 Å². The van der Waals surface area contributed by atoms with E-state index >= 15 is 4.39 Å². The van der Waals surface area contributed by atoms with E-state index in [1.165, 1.54) is 67.8 Å². The molecule has 0 saturated carbocycles. The van der Waals surface area contributed by atoms with Crippen LogP contribution in [0.3, 0.4) is 0 Å². The third kappa shape index (κ3) is 20.8. The quantitative estimate of drug-likeness (QED) is 0.00991. The summed E-state index contributed by atoms with van der Waals surface area (Å²) in [4.78, 5) is 168. The maximum Gasteiger partial charge on any atom is 0.473 e. The number of ether oxygens (including phenoxy) is 7. The van der Waals surface area contributed by atoms with E-state index in [9.17, 15) is 67.5 Å². The Morgan fingerprint density at radius 2 is 0.671 bits per heavy atom. The van der Waals surface area contributed by atoms with Gasteiger partial charge in [-0.1, -0.05) is 187 Å². The van der Waals surface area contributed by atoms with E-state index in [4.69, 9.17) is 44.0 Å². The maximum atomic E-state index is 15.2. The smallest absolute Gasteiger partial charge is 0.454 e. The second kappa shape index (κ2) is 44.1. The van der Waals surface area contributed by atoms with Crippen molar-refractivity contribution in [2.75, 3.05) is 27.5 Å². The molecule has 4 fully saturated rings. The predicted molar refractivity (Wildman–Crippen MR) is 515 cm³/mol. The fourth-order valence-electron chi connectivity index (χ4n) is 17.5. The molecule has 746 valence electrons. The summed E-state index contributed by atoms with van der Waals surface area (Å²) in [5, 5.41) is 43.4. The van der Waals surface area contributed by atoms with Crippen LogP contribution < -0.4 is 20.9 Å². The first-order valence-corrected chi connectivity index (χ1v) is 46.2. The van der Waals surface area contributed by atoms with Gasteiger partial charge in [-0.05, 0) is 131 Å². The number of halogens is 3. The Hall–Kier alpha value is -17.2. The average Bonchev–Trinajstić information content (AvgIpc) is 1.61. The van der Waals surface area contributed by atoms with E-state index in [0.717, 1.165) is 9.80 Å². The molecule has 4 aliphatic heterocycles. The van der Waals surface area contributed by atoms with Crippen molar-refractivity contribution in [3.8, 4) is 0 Å². The van der Waals surface area contributed by atoms with Crippen LogP contribution in [0.5, 0.6) is 0 Å². The zero-order valence-electron chi connectivity index (χ0n) is 78.5. The van der Waals surface area contributed by atoms with Gasteiger partial charge in [0.1, 0.15) is 24.6 Å². The first-order valence-electron chi connectivity index (χ1n) is 46.2. The molecule has 4 saturated heterocycles. The fraction of sp³-hybridized carbons (Fsp3) is 0.255. The van der Waals surface area contributed by atoms with Crippen molar-refractivity contribution in [3.05, 3.63) is 341 Å². The monoisotopic (exact) mass is 1990 g/mol. The topological polar surface area (TPSA) is 524 Å². The predicted octanol–water partition coefficient (Wildman–Crippen LogP) is 13.6. The number of hydrogen-bond acceptors (Lipinski definition) is 33. The number of amides is 5. The lowest BCUT2D eigenvalue weighted by Crippen LogP contribution is -2.38. The molecule has 16 aromatic rings. The van der Waals surface area contributed by atoms with E-state index in [1.54, 1.807) is 212 Å². The molecule has 44 heteroatoms. The number of carbonyl (C=O) groups is 8. The lowest BCUT2D eigenvalue weighted by Gasteiger charge is -2.23. The number of imidazole rings is 4. The van der Waals surface area contributed by atoms with Crippen LogP contribution in [0.15, 0.2) is 268 Å². The summed E-state index contributed by atoms with van der Waals surface area (Å²) in [6.07, 6.45) is -6.40. The molecule has 146 heavy (non-hydrogen) atoms. The first-order chi connectivity index (χ1) is 70.6. The van der Waals surface area contributed by atoms with E-state index in [0.29, 0.717) is 41.5 Å². The van der Waals surface area contributed by atoms with Crippen LogP contribution in [0.25, 0.3) is 44.7 Å². The molecule has 20 rings (SSSR count). The number of nitrogens with zero attached hydrogens (tertiary/aromatic N) is 19. The number of aromatic nitrogens is 16. The molecule has 16 atom stereocenters. The Kier molecular flexibility index (Phi) is 30.3. The minimum atomic E-state index is -1.32. The number of carbonyl (C=O) groups excluding carboxylic acids is 8. The number of rotatable bonds is 23. The number of nitrogens with one attached hydrogen (secondary N) is 1. The van der Waals surface area contributed by atoms with Crippen molar-refractivity contribution in [3.63, 3.8) is 0 Å². The number of aliphatic hydroxyl groups is 3. The van der Waals surface area contributed by atoms with Gasteiger partial charge < -0.3 is 69.6 Å². The van der Waals surface area contributed by atoms with Crippen molar-refractivity contribution in [2.24, 2.45) is 17.8 Å². The maximum absolute atomic E-state index is 15.2. The minimum Gasteiger partial charge on any atom is -0.454 e. The third-order valence-corrected chi connectivity index (χ3v) is 25.0. The van der Waals surface area contributed by atoms with E-state index in [1.807, 2.05) is 47.6 Å². The van der Waals surface area contributed by atoms with Crippen LogP contribution in [0.4, 0.5) is 42.4 Å². The zero-order chi connectivity index (χ0) is 103. The molecule has 8 aromatic heterocycles. The van der Waals surface area contributed by atoms with E-state index < -0.39 is 145 Å². The lowest BCUT2D eigenvalue weighted by molar-refractivity contribution is -0.394. The van der Waals surface area contributed by atoms with E-state index in [2.05, 4.69) is 65.1 Å². The van der Waals surface area contributed by atoms with Crippen LogP contribution in [0.1, 0.15) is 169 Å². The number of nitrogen functional groups attached to an aromatic ring is 1. The summed E-state index contributed by atoms with van der Waals surface area (Å²) in [5.41, 5.74) is 8.01. The van der Waals surface area contributed by atoms with Crippen LogP contribution >= 0.6 is 0 Å². The van der Waals surface area contributed by atoms with Gasteiger partial charge in [0.2, 0.25) is 5.65 Å². The standard InChI is InChI=1S/C33H28FN5O5.C33H28N6O7.C26H24FN5O4.C10H12FN5O4/c1-3-24-20(2)26(44-32(42)23-17-11-6-12-18-23)31(43-24)38-19-35-25-27(38)36-33(34)37-28(25)39(29(40)21-13-7-4-8-14-21)30(41)22-15-9-5-10-16-22;1-3-24-20(2)26(46-32(42)23-17-11-6-12-18-23)31(45-24)37-19-34-25-27(37)35-33(39(43)44)36-28(25)38(29(40)21-13-7-4-8-14-21)30(41)22-15-9-5-10-16-22;1-3-18-15(2)20(36-25(34)17-12-8-5-9-13-17)24(35-18)32-14-28-19-21(30-26(27)31-22(19)32)29-23(33)16-10-6-4-7-11-16;11-10-14-7(12)4-8(15-10)16(2-13-4)9-6(19)5(18)3(1-17)20-9/h4-20,24,26,31H,3H2,1-2H3;4-20,24,26,31H,3H2,1-2H3;4-15,18,20,24H,3H2,1-2H3,(H,29,30,31,33);2-3,5-6,9,17-19H,1H2,(H2,12,14,15)/t2*20-,24-,26-,31-;15-,18-,20-,24-;3-,5-,6-,9-/m1111/s1. The Balaban J connectivity index is 0.000000138. The average molecular weight is 1990 g/mol. The summed E-state index contributed by atoms with van der Waals surface area (Å²) < 4.78 is 90.6. The molecule has 0 bridgehead atoms. The number of benzene rings is 8. The number of hydrogen-bond donors (Lipinski definition) is 5. The lowest BCUT2D eigenvalue weighted by atomic mass is 9.98. The molecule has 0 radical (unpaired) electrons. The molecule has 41 nitrogen and oxygen atoms in total. The summed E-state index contributed by atoms with van der Waals surface area (Å²) in [5.74, 6) is -7.47. The number of imide groups is 2. The van der Waals surface area contributed by atoms with Gasteiger partial charge >= 0.3 is 42.1 Å². The number of aliphatic hydroxyl groups excluding tert-OH is 3. The normalized spacial score (nSPS) is 21.3. The summed E-state index contributed by atoms with van der Waals surface area (Å²) >= 11 is 0. The number of nitrogens with two attached hydrogens (primary N) is 1. The molecule has 6 N–H and O–H groups in total. The van der Waals surface area contributed by atoms with Gasteiger partial charge in [0.25, 0.3) is 35.4 Å². The Labute approximate surface area is 827 Å². The third-order valence-electron chi connectivity index (χ3n) is 25.0. The summed E-state index contributed by atoms with van der Waals surface area (Å²) in [7, 11) is 0. The molecule has 0 aliphatic carbocycles. The highest BCUT2D eigenvalue weighted by atomic mass is 19.1. The van der Waals surface area contributed by atoms with Crippen LogP contribution in [-0.4, -0.2) is 207 Å². The molecule has 0 spiro atoms. The minimum absolute atomic E-state index is 0.00991. The first kappa shape index (κ1) is 100. The Bertz CT molecular complexity index is 7370. The van der Waals surface area contributed by atoms with Crippen molar-refractivity contribution in [1.29, 1.82) is 0 Å². The SMILES string of the molecule is CC[C@H]1O[C@@H](n2cnc3c(N(C(=O)c4ccccc4)C(=O)c4ccccc4)nc(F)nc32)[C@H](OC(=O)c2ccccc2)[C@@H]1C.CC[C@H]1O[C@@H](n2cnc3c(N(C(=O)c4ccccc4)C(=O)c4ccccc4)nc([N+](=O)[O-])nc32)[C@H](OC(=O)c2ccccc2)[C@@H]1C.CC[C@H]1O[C@@H](n2cnc3c(NC(=O)c4ccccc4)nc(F)nc32)[C@H](OC(=O)c2ccccc2)[C@@H]1C.Nc1nc(F)nc2c1ncn2[C@@H]1O[C@H](CO)[C@@H](O)[C@H]1O. The number of anilines is 4. The van der Waals surface area contributed by atoms with Crippen molar-refractivity contribution < 1.29 is 105 Å². The van der Waals surface area contributed by atoms with Gasteiger partial charge in [-0.15, -0.1) is 0 Å². The van der Waals surface area contributed by atoms with Crippen molar-refractivity contribution in [1.82, 2.24) is 78.1 Å². The van der Waals surface area contributed by atoms with Gasteiger partial charge in [-0.2, -0.15) is 43.1 Å². The van der Waals surface area contributed by atoms with Gasteiger partial charge in [0, 0.05) is 45.6 Å². The number of nitro groups is 1. The summed E-state index contributed by atoms with van der Waals surface area (Å²) in [6.45, 7) is 11.1. The highest BCUT2D eigenvalue weighted by Crippen LogP contribution is 2.45. The number of fused-ring (bicyclic) bond motifs is 4. The molecule has 8 aromatic carbocycles. The number of esters is 3. The Morgan fingerprint density at radius 1 is 0.384 bits per heavy atom. The summed E-state index contributed by atoms with van der Waals surface area (Å²) in [6, 6.07) is 66.5. The van der Waals surface area contributed by atoms with Gasteiger partial charge in [0.05, 0.1) is 60.6 Å². The molecule has 12 heterocycles. The second-order valence-corrected chi connectivity index (χ2v) is 34.0. The molecular formula is C102H92F3N21O20. The molecule has 5 amide bonds. The molecule has 0 unspecified atom stereocenters. The van der Waals surface area contributed by atoms with Crippen LogP contribution in [0, 0.1) is 46.1 Å².